The highest BCUT2D eigenvalue weighted by molar-refractivity contribution is 5.91. The first-order valence-electron chi connectivity index (χ1n) is 7.89. The molecule has 1 amide bonds. The SMILES string of the molecule is Cc1ccc(-n2nc(C)cc2NC(=O)C[NH+]2CCCC2)cc1. The van der Waals surface area contributed by atoms with Crippen molar-refractivity contribution >= 4 is 11.7 Å². The van der Waals surface area contributed by atoms with Crippen LogP contribution in [-0.2, 0) is 4.79 Å². The van der Waals surface area contributed by atoms with Crippen molar-refractivity contribution in [3.05, 3.63) is 41.6 Å². The number of anilines is 1. The Balaban J connectivity index is 1.75. The molecule has 1 aromatic heterocycles. The topological polar surface area (TPSA) is 51.4 Å². The van der Waals surface area contributed by atoms with E-state index in [1.165, 1.54) is 23.3 Å². The average Bonchev–Trinajstić information content (AvgIpc) is 3.10. The second-order valence-electron chi connectivity index (χ2n) is 6.10. The number of carbonyl (C=O) groups excluding carboxylic acids is 1. The van der Waals surface area contributed by atoms with Gasteiger partial charge in [-0.15, -0.1) is 0 Å². The Morgan fingerprint density at radius 2 is 1.91 bits per heavy atom. The minimum Gasteiger partial charge on any atom is -0.327 e. The summed E-state index contributed by atoms with van der Waals surface area (Å²) in [4.78, 5) is 13.6. The zero-order valence-electron chi connectivity index (χ0n) is 13.2. The minimum atomic E-state index is 0.0603. The van der Waals surface area contributed by atoms with E-state index < -0.39 is 0 Å². The Kier molecular flexibility index (Phi) is 4.24. The molecule has 22 heavy (non-hydrogen) atoms. The summed E-state index contributed by atoms with van der Waals surface area (Å²) in [5.74, 6) is 0.801. The lowest BCUT2D eigenvalue weighted by atomic mass is 10.2. The van der Waals surface area contributed by atoms with Crippen LogP contribution >= 0.6 is 0 Å². The van der Waals surface area contributed by atoms with Gasteiger partial charge < -0.3 is 10.2 Å². The zero-order valence-corrected chi connectivity index (χ0v) is 13.2. The van der Waals surface area contributed by atoms with E-state index in [1.54, 1.807) is 4.68 Å². The number of rotatable bonds is 4. The van der Waals surface area contributed by atoms with Crippen LogP contribution in [0.3, 0.4) is 0 Å². The lowest BCUT2D eigenvalue weighted by molar-refractivity contribution is -0.878. The molecule has 0 saturated carbocycles. The summed E-state index contributed by atoms with van der Waals surface area (Å²) >= 11 is 0. The van der Waals surface area contributed by atoms with Crippen molar-refractivity contribution in [2.45, 2.75) is 26.7 Å². The van der Waals surface area contributed by atoms with Crippen LogP contribution < -0.4 is 10.2 Å². The van der Waals surface area contributed by atoms with Gasteiger partial charge in [0.2, 0.25) is 0 Å². The number of benzene rings is 1. The number of aryl methyl sites for hydroxylation is 2. The Labute approximate surface area is 130 Å². The first-order valence-corrected chi connectivity index (χ1v) is 7.89. The molecule has 2 N–H and O–H groups in total. The van der Waals surface area contributed by atoms with E-state index in [0.29, 0.717) is 6.54 Å². The van der Waals surface area contributed by atoms with E-state index >= 15 is 0 Å². The third-order valence-corrected chi connectivity index (χ3v) is 4.10. The van der Waals surface area contributed by atoms with Crippen molar-refractivity contribution in [3.63, 3.8) is 0 Å². The van der Waals surface area contributed by atoms with Crippen LogP contribution in [-0.4, -0.2) is 35.3 Å². The number of nitrogens with one attached hydrogen (secondary N) is 2. The summed E-state index contributed by atoms with van der Waals surface area (Å²) in [7, 11) is 0. The molecule has 5 heteroatoms. The summed E-state index contributed by atoms with van der Waals surface area (Å²) in [6, 6.07) is 10.0. The number of hydrogen-bond acceptors (Lipinski definition) is 2. The quantitative estimate of drug-likeness (QED) is 0.888. The summed E-state index contributed by atoms with van der Waals surface area (Å²) in [6.45, 7) is 6.73. The second kappa shape index (κ2) is 6.32. The summed E-state index contributed by atoms with van der Waals surface area (Å²) in [5.41, 5.74) is 3.06. The highest BCUT2D eigenvalue weighted by atomic mass is 16.2. The van der Waals surface area contributed by atoms with Crippen molar-refractivity contribution in [2.24, 2.45) is 0 Å². The lowest BCUT2D eigenvalue weighted by Gasteiger charge is -2.13. The molecule has 1 saturated heterocycles. The first-order chi connectivity index (χ1) is 10.6. The van der Waals surface area contributed by atoms with Crippen molar-refractivity contribution < 1.29 is 9.69 Å². The number of hydrogen-bond donors (Lipinski definition) is 2. The van der Waals surface area contributed by atoms with Gasteiger partial charge in [0.05, 0.1) is 24.5 Å². The normalized spacial score (nSPS) is 15.2. The molecule has 2 aromatic rings. The van der Waals surface area contributed by atoms with Crippen LogP contribution in [0.5, 0.6) is 0 Å². The lowest BCUT2D eigenvalue weighted by Crippen LogP contribution is -3.11. The van der Waals surface area contributed by atoms with E-state index in [2.05, 4.69) is 17.3 Å². The minimum absolute atomic E-state index is 0.0603. The second-order valence-corrected chi connectivity index (χ2v) is 6.10. The van der Waals surface area contributed by atoms with Gasteiger partial charge in [0.25, 0.3) is 5.91 Å². The molecule has 5 nitrogen and oxygen atoms in total. The molecule has 0 spiro atoms. The molecule has 0 radical (unpaired) electrons. The number of carbonyl (C=O) groups is 1. The Hall–Kier alpha value is -2.14. The molecule has 2 heterocycles. The van der Waals surface area contributed by atoms with Crippen molar-refractivity contribution in [1.82, 2.24) is 9.78 Å². The highest BCUT2D eigenvalue weighted by Gasteiger charge is 2.20. The molecule has 1 aliphatic heterocycles. The van der Waals surface area contributed by atoms with Gasteiger partial charge in [0.1, 0.15) is 5.82 Å². The standard InChI is InChI=1S/C17H22N4O/c1-13-5-7-15(8-6-13)21-16(11-14(2)19-21)18-17(22)12-20-9-3-4-10-20/h5-8,11H,3-4,9-10,12H2,1-2H3,(H,18,22)/p+1. The maximum Gasteiger partial charge on any atom is 0.280 e. The molecule has 3 rings (SSSR count). The fourth-order valence-electron chi connectivity index (χ4n) is 2.94. The van der Waals surface area contributed by atoms with Gasteiger partial charge in [0, 0.05) is 18.9 Å². The third-order valence-electron chi connectivity index (χ3n) is 4.10. The maximum absolute atomic E-state index is 12.2. The Bertz CT molecular complexity index is 654. The van der Waals surface area contributed by atoms with E-state index in [4.69, 9.17) is 0 Å². The van der Waals surface area contributed by atoms with Gasteiger partial charge in [-0.25, -0.2) is 4.68 Å². The van der Waals surface area contributed by atoms with Crippen LogP contribution in [0.2, 0.25) is 0 Å². The predicted molar refractivity (Wildman–Crippen MR) is 86.5 cm³/mol. The molecule has 0 unspecified atom stereocenters. The number of nitrogens with zero attached hydrogens (tertiary/aromatic N) is 2. The Morgan fingerprint density at radius 1 is 1.23 bits per heavy atom. The van der Waals surface area contributed by atoms with E-state index in [1.807, 2.05) is 37.3 Å². The molecule has 0 atom stereocenters. The van der Waals surface area contributed by atoms with Gasteiger partial charge in [-0.2, -0.15) is 5.10 Å². The average molecular weight is 299 g/mol. The summed E-state index contributed by atoms with van der Waals surface area (Å²) in [5, 5.41) is 7.50. The summed E-state index contributed by atoms with van der Waals surface area (Å²) < 4.78 is 1.80. The van der Waals surface area contributed by atoms with E-state index in [0.717, 1.165) is 30.3 Å². The fourth-order valence-corrected chi connectivity index (χ4v) is 2.94. The van der Waals surface area contributed by atoms with Gasteiger partial charge in [-0.3, -0.25) is 4.79 Å². The molecule has 1 fully saturated rings. The highest BCUT2D eigenvalue weighted by Crippen LogP contribution is 2.17. The largest absolute Gasteiger partial charge is 0.327 e. The molecular formula is C17H23N4O+. The fraction of sp³-hybridized carbons (Fsp3) is 0.412. The van der Waals surface area contributed by atoms with Crippen LogP contribution in [0.1, 0.15) is 24.1 Å². The third kappa shape index (κ3) is 3.36. The van der Waals surface area contributed by atoms with Crippen molar-refractivity contribution in [3.8, 4) is 5.69 Å². The van der Waals surface area contributed by atoms with Crippen LogP contribution in [0.4, 0.5) is 5.82 Å². The van der Waals surface area contributed by atoms with Gasteiger partial charge in [-0.1, -0.05) is 17.7 Å². The molecular weight excluding hydrogens is 276 g/mol. The molecule has 0 bridgehead atoms. The summed E-state index contributed by atoms with van der Waals surface area (Å²) in [6.07, 6.45) is 2.45. The number of quaternary nitrogens is 1. The smallest absolute Gasteiger partial charge is 0.280 e. The van der Waals surface area contributed by atoms with Crippen LogP contribution in [0.25, 0.3) is 5.69 Å². The number of amides is 1. The maximum atomic E-state index is 12.2. The zero-order chi connectivity index (χ0) is 15.5. The molecule has 116 valence electrons. The molecule has 0 aliphatic carbocycles. The van der Waals surface area contributed by atoms with Crippen molar-refractivity contribution in [2.75, 3.05) is 25.0 Å². The van der Waals surface area contributed by atoms with Crippen LogP contribution in [0, 0.1) is 13.8 Å². The molecule has 1 aromatic carbocycles. The van der Waals surface area contributed by atoms with Crippen LogP contribution in [0.15, 0.2) is 30.3 Å². The predicted octanol–water partition coefficient (Wildman–Crippen LogP) is 1.11. The van der Waals surface area contributed by atoms with E-state index in [-0.39, 0.29) is 5.91 Å². The van der Waals surface area contributed by atoms with Gasteiger partial charge in [0.15, 0.2) is 6.54 Å². The van der Waals surface area contributed by atoms with E-state index in [9.17, 15) is 4.79 Å². The van der Waals surface area contributed by atoms with Crippen molar-refractivity contribution in [1.29, 1.82) is 0 Å². The first kappa shape index (κ1) is 14.8. The molecule has 1 aliphatic rings. The Morgan fingerprint density at radius 3 is 2.59 bits per heavy atom. The monoisotopic (exact) mass is 299 g/mol. The number of aromatic nitrogens is 2. The van der Waals surface area contributed by atoms with Gasteiger partial charge in [-0.05, 0) is 26.0 Å². The number of likely N-dealkylation sites (tertiary alicyclic amines) is 1. The van der Waals surface area contributed by atoms with Gasteiger partial charge >= 0.3 is 0 Å².